The third kappa shape index (κ3) is 3.82. The second-order valence-corrected chi connectivity index (χ2v) is 8.26. The molecule has 1 aromatic carbocycles. The Labute approximate surface area is 187 Å². The predicted octanol–water partition coefficient (Wildman–Crippen LogP) is 3.26. The van der Waals surface area contributed by atoms with Crippen LogP contribution in [0.1, 0.15) is 25.7 Å². The van der Waals surface area contributed by atoms with Gasteiger partial charge in [-0.3, -0.25) is 4.90 Å². The number of benzene rings is 1. The van der Waals surface area contributed by atoms with E-state index in [9.17, 15) is 4.79 Å². The maximum Gasteiger partial charge on any atom is 0.416 e. The highest BCUT2D eigenvalue weighted by atomic mass is 19.1. The molecule has 0 saturated carbocycles. The smallest absolute Gasteiger partial charge is 0.416 e. The zero-order chi connectivity index (χ0) is 23.1. The molecule has 3 aliphatic heterocycles. The van der Waals surface area contributed by atoms with Gasteiger partial charge in [0.1, 0.15) is 6.61 Å². The standard InChI is InChI=1S/C20H23FN6O6/c1-10-7-26(8-11(2)32-10)16-13(19-29-3-4-30-19)5-14-17(15(16)21)33-24-18(14)27-12(6-23-25-22)9-31-20(27)28/h5,10-12,19H,3-4,6-9H2,1-2H3/t10-,11-,12+/m1/s1. The molecule has 176 valence electrons. The maximum absolute atomic E-state index is 16.0. The van der Waals surface area contributed by atoms with Crippen LogP contribution < -0.4 is 9.80 Å². The van der Waals surface area contributed by atoms with Gasteiger partial charge < -0.3 is 28.4 Å². The minimum atomic E-state index is -0.778. The van der Waals surface area contributed by atoms with Crippen LogP contribution in [-0.4, -0.2) is 69.0 Å². The van der Waals surface area contributed by atoms with E-state index in [1.165, 1.54) is 4.90 Å². The highest BCUT2D eigenvalue weighted by Gasteiger charge is 2.39. The highest BCUT2D eigenvalue weighted by Crippen LogP contribution is 2.42. The first kappa shape index (κ1) is 21.7. The summed E-state index contributed by atoms with van der Waals surface area (Å²) in [5.74, 6) is -0.542. The molecule has 4 heterocycles. The van der Waals surface area contributed by atoms with Gasteiger partial charge in [-0.25, -0.2) is 9.18 Å². The molecule has 0 spiro atoms. The number of hydrogen-bond donors (Lipinski definition) is 0. The number of cyclic esters (lactones) is 1. The van der Waals surface area contributed by atoms with Crippen LogP contribution in [0.4, 0.5) is 20.7 Å². The van der Waals surface area contributed by atoms with Gasteiger partial charge in [0.05, 0.1) is 49.1 Å². The van der Waals surface area contributed by atoms with Gasteiger partial charge in [-0.2, -0.15) is 0 Å². The molecule has 0 unspecified atom stereocenters. The summed E-state index contributed by atoms with van der Waals surface area (Å²) < 4.78 is 43.7. The molecule has 33 heavy (non-hydrogen) atoms. The molecule has 2 aromatic rings. The van der Waals surface area contributed by atoms with Gasteiger partial charge in [0.2, 0.25) is 5.58 Å². The topological polar surface area (TPSA) is 135 Å². The Hall–Kier alpha value is -3.12. The quantitative estimate of drug-likeness (QED) is 0.375. The molecule has 12 nitrogen and oxygen atoms in total. The first-order valence-corrected chi connectivity index (χ1v) is 10.7. The normalized spacial score (nSPS) is 26.2. The summed E-state index contributed by atoms with van der Waals surface area (Å²) in [6, 6.07) is 1.09. The lowest BCUT2D eigenvalue weighted by Gasteiger charge is -2.38. The van der Waals surface area contributed by atoms with Crippen LogP contribution in [0.15, 0.2) is 15.7 Å². The molecular weight excluding hydrogens is 439 g/mol. The van der Waals surface area contributed by atoms with Crippen LogP contribution in [0.5, 0.6) is 0 Å². The molecule has 1 amide bonds. The number of amides is 1. The lowest BCUT2D eigenvalue weighted by molar-refractivity contribution is -0.0445. The SMILES string of the molecule is C[C@@H]1CN(c2c(C3OCCO3)cc3c(N4C(=O)OC[C@@H]4CN=[N+]=[N-])noc3c2F)C[C@@H](C)O1. The van der Waals surface area contributed by atoms with Crippen molar-refractivity contribution in [3.8, 4) is 0 Å². The Balaban J connectivity index is 1.64. The molecule has 3 saturated heterocycles. The Kier molecular flexibility index (Phi) is 5.71. The van der Waals surface area contributed by atoms with E-state index in [1.807, 2.05) is 18.7 Å². The fourth-order valence-corrected chi connectivity index (χ4v) is 4.59. The molecule has 0 N–H and O–H groups in total. The number of morpholine rings is 1. The zero-order valence-electron chi connectivity index (χ0n) is 18.1. The van der Waals surface area contributed by atoms with Gasteiger partial charge in [-0.1, -0.05) is 10.3 Å². The number of azide groups is 1. The largest absolute Gasteiger partial charge is 0.447 e. The first-order chi connectivity index (χ1) is 16.0. The van der Waals surface area contributed by atoms with Gasteiger partial charge in [-0.05, 0) is 25.4 Å². The van der Waals surface area contributed by atoms with Crippen molar-refractivity contribution in [3.05, 3.63) is 27.9 Å². The van der Waals surface area contributed by atoms with Gasteiger partial charge in [-0.15, -0.1) is 0 Å². The second kappa shape index (κ2) is 8.67. The third-order valence-electron chi connectivity index (χ3n) is 5.85. The maximum atomic E-state index is 16.0. The third-order valence-corrected chi connectivity index (χ3v) is 5.85. The van der Waals surface area contributed by atoms with Crippen LogP contribution in [0.3, 0.4) is 0 Å². The Morgan fingerprint density at radius 1 is 1.27 bits per heavy atom. The van der Waals surface area contributed by atoms with Gasteiger partial charge >= 0.3 is 6.09 Å². The summed E-state index contributed by atoms with van der Waals surface area (Å²) in [5.41, 5.74) is 9.33. The molecule has 0 aliphatic carbocycles. The zero-order valence-corrected chi connectivity index (χ0v) is 18.1. The number of anilines is 2. The number of nitrogens with zero attached hydrogens (tertiary/aromatic N) is 6. The van der Waals surface area contributed by atoms with E-state index >= 15 is 4.39 Å². The number of hydrogen-bond acceptors (Lipinski definition) is 9. The summed E-state index contributed by atoms with van der Waals surface area (Å²) in [6.07, 6.45) is -1.67. The van der Waals surface area contributed by atoms with E-state index < -0.39 is 24.2 Å². The van der Waals surface area contributed by atoms with Crippen molar-refractivity contribution >= 4 is 28.6 Å². The van der Waals surface area contributed by atoms with Crippen LogP contribution >= 0.6 is 0 Å². The number of carbonyl (C=O) groups excluding carboxylic acids is 1. The average Bonchev–Trinajstić information content (AvgIpc) is 3.51. The number of rotatable bonds is 5. The number of ether oxygens (including phenoxy) is 4. The van der Waals surface area contributed by atoms with Crippen LogP contribution in [0.2, 0.25) is 0 Å². The molecule has 5 rings (SSSR count). The molecule has 0 radical (unpaired) electrons. The van der Waals surface area contributed by atoms with Gasteiger partial charge in [0, 0.05) is 23.6 Å². The van der Waals surface area contributed by atoms with Crippen molar-refractivity contribution < 1.29 is 32.7 Å². The summed E-state index contributed by atoms with van der Waals surface area (Å²) in [5, 5.41) is 7.78. The molecule has 3 aliphatic rings. The first-order valence-electron chi connectivity index (χ1n) is 10.7. The number of fused-ring (bicyclic) bond motifs is 1. The minimum absolute atomic E-state index is 0.0119. The molecular formula is C20H23FN6O6. The highest BCUT2D eigenvalue weighted by molar-refractivity contribution is 6.01. The monoisotopic (exact) mass is 462 g/mol. The fraction of sp³-hybridized carbons (Fsp3) is 0.600. The lowest BCUT2D eigenvalue weighted by atomic mass is 10.0. The summed E-state index contributed by atoms with van der Waals surface area (Å²) in [7, 11) is 0. The van der Waals surface area contributed by atoms with Crippen molar-refractivity contribution in [3.63, 3.8) is 0 Å². The Morgan fingerprint density at radius 2 is 2.00 bits per heavy atom. The summed E-state index contributed by atoms with van der Waals surface area (Å²) >= 11 is 0. The van der Waals surface area contributed by atoms with E-state index in [0.717, 1.165) is 0 Å². The summed E-state index contributed by atoms with van der Waals surface area (Å²) in [6.45, 7) is 5.54. The van der Waals surface area contributed by atoms with E-state index in [4.69, 9.17) is 29.0 Å². The van der Waals surface area contributed by atoms with Crippen LogP contribution in [0, 0.1) is 5.82 Å². The summed E-state index contributed by atoms with van der Waals surface area (Å²) in [4.78, 5) is 18.3. The number of carbonyl (C=O) groups is 1. The van der Waals surface area contributed by atoms with Crippen molar-refractivity contribution in [2.45, 2.75) is 38.4 Å². The fourth-order valence-electron chi connectivity index (χ4n) is 4.59. The Bertz CT molecular complexity index is 1100. The molecule has 0 bridgehead atoms. The van der Waals surface area contributed by atoms with E-state index in [0.29, 0.717) is 37.6 Å². The second-order valence-electron chi connectivity index (χ2n) is 8.26. The average molecular weight is 462 g/mol. The van der Waals surface area contributed by atoms with E-state index in [1.54, 1.807) is 6.07 Å². The van der Waals surface area contributed by atoms with Crippen molar-refractivity contribution in [2.75, 3.05) is 49.3 Å². The van der Waals surface area contributed by atoms with Gasteiger partial charge in [0.25, 0.3) is 0 Å². The van der Waals surface area contributed by atoms with E-state index in [2.05, 4.69) is 15.2 Å². The molecule has 3 atom stereocenters. The van der Waals surface area contributed by atoms with Crippen molar-refractivity contribution in [1.82, 2.24) is 5.16 Å². The van der Waals surface area contributed by atoms with E-state index in [-0.39, 0.29) is 42.1 Å². The molecule has 3 fully saturated rings. The van der Waals surface area contributed by atoms with Gasteiger partial charge in [0.15, 0.2) is 17.9 Å². The van der Waals surface area contributed by atoms with Crippen LogP contribution in [0.25, 0.3) is 21.4 Å². The van der Waals surface area contributed by atoms with Crippen LogP contribution in [-0.2, 0) is 18.9 Å². The predicted molar refractivity (Wildman–Crippen MR) is 112 cm³/mol. The number of halogens is 1. The van der Waals surface area contributed by atoms with Crippen molar-refractivity contribution in [1.29, 1.82) is 0 Å². The molecule has 1 aromatic heterocycles. The number of aromatic nitrogens is 1. The van der Waals surface area contributed by atoms with Crippen molar-refractivity contribution in [2.24, 2.45) is 5.11 Å². The molecule has 13 heteroatoms. The minimum Gasteiger partial charge on any atom is -0.447 e. The lowest BCUT2D eigenvalue weighted by Crippen LogP contribution is -2.46. The Morgan fingerprint density at radius 3 is 2.70 bits per heavy atom.